The minimum absolute atomic E-state index is 1.13. The molecule has 51 heavy (non-hydrogen) atoms. The van der Waals surface area contributed by atoms with Crippen molar-refractivity contribution in [3.8, 4) is 22.3 Å². The highest BCUT2D eigenvalue weighted by molar-refractivity contribution is 7.26. The number of thiophene rings is 1. The van der Waals surface area contributed by atoms with E-state index >= 15 is 0 Å². The molecule has 3 heteroatoms. The lowest BCUT2D eigenvalue weighted by Crippen LogP contribution is -2.11. The Morgan fingerprint density at radius 1 is 0.392 bits per heavy atom. The van der Waals surface area contributed by atoms with Crippen LogP contribution in [0.3, 0.4) is 0 Å². The monoisotopic (exact) mass is 666 g/mol. The van der Waals surface area contributed by atoms with Gasteiger partial charge in [0.2, 0.25) is 0 Å². The summed E-state index contributed by atoms with van der Waals surface area (Å²) >= 11 is 1.88. The molecular weight excluding hydrogens is 637 g/mol. The van der Waals surface area contributed by atoms with Crippen LogP contribution >= 0.6 is 11.3 Å². The van der Waals surface area contributed by atoms with Gasteiger partial charge in [0, 0.05) is 42.7 Å². The molecule has 0 bridgehead atoms. The molecule has 0 spiro atoms. The molecule has 2 nitrogen and oxygen atoms in total. The third-order valence-electron chi connectivity index (χ3n) is 10.5. The third kappa shape index (κ3) is 4.22. The van der Waals surface area contributed by atoms with Crippen LogP contribution in [-0.2, 0) is 0 Å². The van der Waals surface area contributed by atoms with Crippen LogP contribution in [-0.4, -0.2) is 4.40 Å². The van der Waals surface area contributed by atoms with Crippen molar-refractivity contribution in [2.24, 2.45) is 0 Å². The Kier molecular flexibility index (Phi) is 6.16. The van der Waals surface area contributed by atoms with Crippen molar-refractivity contribution < 1.29 is 0 Å². The molecule has 0 aliphatic carbocycles. The molecule has 0 saturated heterocycles. The number of anilines is 3. The van der Waals surface area contributed by atoms with E-state index in [0.717, 1.165) is 5.69 Å². The van der Waals surface area contributed by atoms with Crippen molar-refractivity contribution >= 4 is 86.7 Å². The number of rotatable bonds is 5. The van der Waals surface area contributed by atoms with Crippen molar-refractivity contribution in [2.75, 3.05) is 4.90 Å². The van der Waals surface area contributed by atoms with Gasteiger partial charge in [-0.05, 0) is 70.8 Å². The first-order valence-corrected chi connectivity index (χ1v) is 18.3. The van der Waals surface area contributed by atoms with Gasteiger partial charge in [-0.25, -0.2) is 0 Å². The first-order chi connectivity index (χ1) is 25.3. The van der Waals surface area contributed by atoms with Gasteiger partial charge in [-0.1, -0.05) is 133 Å². The molecule has 3 aromatic heterocycles. The summed E-state index contributed by atoms with van der Waals surface area (Å²) in [5.41, 5.74) is 12.0. The Morgan fingerprint density at radius 3 is 1.75 bits per heavy atom. The van der Waals surface area contributed by atoms with E-state index in [1.165, 1.54) is 91.9 Å². The van der Waals surface area contributed by atoms with Crippen LogP contribution in [0.25, 0.3) is 80.5 Å². The molecule has 0 atom stereocenters. The van der Waals surface area contributed by atoms with E-state index in [0.29, 0.717) is 0 Å². The van der Waals surface area contributed by atoms with Gasteiger partial charge in [0.25, 0.3) is 0 Å². The largest absolute Gasteiger partial charge is 0.308 e. The summed E-state index contributed by atoms with van der Waals surface area (Å²) in [6, 6.07) is 66.7. The fourth-order valence-electron chi connectivity index (χ4n) is 8.30. The summed E-state index contributed by atoms with van der Waals surface area (Å²) in [6.07, 6.45) is 0. The van der Waals surface area contributed by atoms with E-state index in [2.05, 4.69) is 191 Å². The van der Waals surface area contributed by atoms with Crippen LogP contribution in [0, 0.1) is 0 Å². The van der Waals surface area contributed by atoms with Crippen LogP contribution in [0.15, 0.2) is 182 Å². The van der Waals surface area contributed by atoms with E-state index in [9.17, 15) is 0 Å². The van der Waals surface area contributed by atoms with Crippen molar-refractivity contribution in [3.63, 3.8) is 0 Å². The van der Waals surface area contributed by atoms with Gasteiger partial charge in [0.1, 0.15) is 0 Å². The van der Waals surface area contributed by atoms with Crippen LogP contribution in [0.5, 0.6) is 0 Å². The average Bonchev–Trinajstić information content (AvgIpc) is 3.87. The summed E-state index contributed by atoms with van der Waals surface area (Å²) in [6.45, 7) is 0. The molecule has 0 radical (unpaired) electrons. The second-order valence-corrected chi connectivity index (χ2v) is 14.4. The molecule has 8 aromatic carbocycles. The van der Waals surface area contributed by atoms with Crippen LogP contribution < -0.4 is 4.90 Å². The first-order valence-electron chi connectivity index (χ1n) is 17.4. The van der Waals surface area contributed by atoms with E-state index in [4.69, 9.17) is 0 Å². The highest BCUT2D eigenvalue weighted by Gasteiger charge is 2.25. The SMILES string of the molecule is c1ccc(-c2cc(-c3ccccc3)cc(N(c3cccc4c3sc3ccccc34)c3cccc4c3c3cccc5c6ccccc6n4c53)c2)cc1. The Bertz CT molecular complexity index is 3020. The predicted octanol–water partition coefficient (Wildman–Crippen LogP) is 14.0. The van der Waals surface area contributed by atoms with Gasteiger partial charge in [0.15, 0.2) is 0 Å². The van der Waals surface area contributed by atoms with E-state index in [1.54, 1.807) is 0 Å². The molecule has 0 N–H and O–H groups in total. The van der Waals surface area contributed by atoms with Gasteiger partial charge in [0.05, 0.1) is 32.6 Å². The van der Waals surface area contributed by atoms with E-state index < -0.39 is 0 Å². The number of hydrogen-bond donors (Lipinski definition) is 0. The Balaban J connectivity index is 1.29. The average molecular weight is 667 g/mol. The maximum atomic E-state index is 2.53. The zero-order valence-electron chi connectivity index (χ0n) is 27.6. The fourth-order valence-corrected chi connectivity index (χ4v) is 9.50. The molecule has 11 aromatic rings. The lowest BCUT2D eigenvalue weighted by atomic mass is 9.97. The molecule has 0 saturated carbocycles. The zero-order chi connectivity index (χ0) is 33.5. The van der Waals surface area contributed by atoms with Gasteiger partial charge in [-0.15, -0.1) is 11.3 Å². The summed E-state index contributed by atoms with van der Waals surface area (Å²) in [5, 5.41) is 7.69. The summed E-state index contributed by atoms with van der Waals surface area (Å²) in [7, 11) is 0. The van der Waals surface area contributed by atoms with E-state index in [1.807, 2.05) is 11.3 Å². The van der Waals surface area contributed by atoms with Gasteiger partial charge < -0.3 is 9.30 Å². The minimum atomic E-state index is 1.13. The van der Waals surface area contributed by atoms with Gasteiger partial charge in [-0.2, -0.15) is 0 Å². The quantitative estimate of drug-likeness (QED) is 0.177. The Hall–Kier alpha value is -6.42. The molecule has 0 unspecified atom stereocenters. The predicted molar refractivity (Wildman–Crippen MR) is 220 cm³/mol. The van der Waals surface area contributed by atoms with Crippen molar-refractivity contribution in [3.05, 3.63) is 182 Å². The Labute approximate surface area is 299 Å². The highest BCUT2D eigenvalue weighted by atomic mass is 32.1. The molecule has 0 aliphatic heterocycles. The molecular formula is C48H30N2S. The van der Waals surface area contributed by atoms with Gasteiger partial charge in [-0.3, -0.25) is 0 Å². The second-order valence-electron chi connectivity index (χ2n) is 13.3. The maximum Gasteiger partial charge on any atom is 0.0640 e. The summed E-state index contributed by atoms with van der Waals surface area (Å²) in [4.78, 5) is 2.53. The third-order valence-corrected chi connectivity index (χ3v) is 11.7. The number of benzene rings is 8. The molecule has 0 fully saturated rings. The number of fused-ring (bicyclic) bond motifs is 9. The van der Waals surface area contributed by atoms with E-state index in [-0.39, 0.29) is 0 Å². The second kappa shape index (κ2) is 11.0. The standard InChI is InChI=1S/C48H30N2S/c1-3-14-31(15-4-1)33-28-34(32-16-5-2-6-17-32)30-35(29-33)49(44-26-12-21-39-37-19-8-10-27-45(37)51-48(39)44)42-24-13-25-43-46(42)40-22-11-20-38-36-18-7-9-23-41(36)50(43)47(38)40/h1-30H. The smallest absolute Gasteiger partial charge is 0.0640 e. The molecule has 3 heterocycles. The Morgan fingerprint density at radius 2 is 0.961 bits per heavy atom. The summed E-state index contributed by atoms with van der Waals surface area (Å²) in [5.74, 6) is 0. The number of hydrogen-bond acceptors (Lipinski definition) is 2. The highest BCUT2D eigenvalue weighted by Crippen LogP contribution is 2.50. The molecule has 0 aliphatic rings. The lowest BCUT2D eigenvalue weighted by molar-refractivity contribution is 1.31. The number of aromatic nitrogens is 1. The maximum absolute atomic E-state index is 2.53. The summed E-state index contributed by atoms with van der Waals surface area (Å²) < 4.78 is 5.06. The molecule has 11 rings (SSSR count). The number of para-hydroxylation sites is 2. The molecule has 0 amide bonds. The fraction of sp³-hybridized carbons (Fsp3) is 0. The van der Waals surface area contributed by atoms with Crippen LogP contribution in [0.4, 0.5) is 17.1 Å². The van der Waals surface area contributed by atoms with Crippen molar-refractivity contribution in [1.82, 2.24) is 4.40 Å². The van der Waals surface area contributed by atoms with Gasteiger partial charge >= 0.3 is 0 Å². The normalized spacial score (nSPS) is 11.9. The van der Waals surface area contributed by atoms with Crippen LogP contribution in [0.2, 0.25) is 0 Å². The van der Waals surface area contributed by atoms with Crippen molar-refractivity contribution in [1.29, 1.82) is 0 Å². The number of nitrogens with zero attached hydrogens (tertiary/aromatic N) is 2. The molecule has 238 valence electrons. The first kappa shape index (κ1) is 28.4. The van der Waals surface area contributed by atoms with Crippen molar-refractivity contribution in [2.45, 2.75) is 0 Å². The lowest BCUT2D eigenvalue weighted by Gasteiger charge is -2.28. The van der Waals surface area contributed by atoms with Crippen LogP contribution in [0.1, 0.15) is 0 Å². The topological polar surface area (TPSA) is 7.65 Å². The zero-order valence-corrected chi connectivity index (χ0v) is 28.4. The minimum Gasteiger partial charge on any atom is -0.308 e.